The number of hydrogen-bond donors (Lipinski definition) is 2. The summed E-state index contributed by atoms with van der Waals surface area (Å²) in [7, 11) is 0. The van der Waals surface area contributed by atoms with E-state index in [9.17, 15) is 9.90 Å². The first-order chi connectivity index (χ1) is 9.75. The molecule has 2 aliphatic heterocycles. The van der Waals surface area contributed by atoms with E-state index in [1.165, 1.54) is 0 Å². The molecule has 1 aromatic carbocycles. The molecule has 2 saturated heterocycles. The summed E-state index contributed by atoms with van der Waals surface area (Å²) in [5.41, 5.74) is 5.75. The zero-order valence-electron chi connectivity index (χ0n) is 12.8. The molecule has 3 N–H and O–H groups in total. The first kappa shape index (κ1) is 17.5. The Morgan fingerprint density at radius 3 is 2.50 bits per heavy atom. The number of nitrogens with two attached hydrogens (primary N) is 1. The van der Waals surface area contributed by atoms with Crippen molar-refractivity contribution >= 4 is 29.9 Å². The van der Waals surface area contributed by atoms with Crippen LogP contribution >= 0.6 is 24.0 Å². The third-order valence-corrected chi connectivity index (χ3v) is 5.17. The summed E-state index contributed by atoms with van der Waals surface area (Å²) in [6.45, 7) is 3.51. The predicted octanol–water partition coefficient (Wildman–Crippen LogP) is 2.45. The number of aliphatic hydroxyl groups is 1. The van der Waals surface area contributed by atoms with E-state index in [0.29, 0.717) is 11.4 Å². The minimum atomic E-state index is -0.937. The maximum atomic E-state index is 12.6. The first-order valence-corrected chi connectivity index (χ1v) is 7.71. The number of fused-ring (bicyclic) bond motifs is 1. The maximum absolute atomic E-state index is 12.6. The third kappa shape index (κ3) is 2.52. The van der Waals surface area contributed by atoms with Gasteiger partial charge in [-0.05, 0) is 50.8 Å². The number of halogens is 2. The molecule has 0 unspecified atom stereocenters. The maximum Gasteiger partial charge on any atom is 0.240 e. The second kappa shape index (κ2) is 5.68. The van der Waals surface area contributed by atoms with Crippen LogP contribution in [0.1, 0.15) is 38.7 Å². The molecular formula is C16H22Cl2N2O2. The fraction of sp³-hybridized carbons (Fsp3) is 0.562. The summed E-state index contributed by atoms with van der Waals surface area (Å²) in [5.74, 6) is -0.0606. The van der Waals surface area contributed by atoms with E-state index >= 15 is 0 Å². The standard InChI is InChI=1S/C16H21ClN2O2.ClH/c1-15(2,21)13-7-8-16(9-12(18)14(20)19(13)16)10-3-5-11(17)6-4-10;/h3-6,12-13,21H,7-9,18H2,1-2H3;1H/t12-,13+,16+;/m0./s1. The van der Waals surface area contributed by atoms with E-state index in [2.05, 4.69) is 0 Å². The Bertz CT molecular complexity index is 571. The number of rotatable bonds is 2. The van der Waals surface area contributed by atoms with Crippen LogP contribution in [0, 0.1) is 0 Å². The molecule has 2 heterocycles. The Kier molecular flexibility index (Phi) is 4.53. The van der Waals surface area contributed by atoms with Gasteiger partial charge in [-0.2, -0.15) is 0 Å². The van der Waals surface area contributed by atoms with Crippen LogP contribution in [0.5, 0.6) is 0 Å². The number of hydrogen-bond acceptors (Lipinski definition) is 3. The van der Waals surface area contributed by atoms with Crippen LogP contribution in [0.25, 0.3) is 0 Å². The van der Waals surface area contributed by atoms with Crippen molar-refractivity contribution in [2.45, 2.75) is 56.3 Å². The van der Waals surface area contributed by atoms with E-state index in [-0.39, 0.29) is 24.4 Å². The molecule has 122 valence electrons. The largest absolute Gasteiger partial charge is 0.388 e. The third-order valence-electron chi connectivity index (χ3n) is 4.91. The van der Waals surface area contributed by atoms with Crippen LogP contribution in [0.4, 0.5) is 0 Å². The number of amides is 1. The number of nitrogens with zero attached hydrogens (tertiary/aromatic N) is 1. The van der Waals surface area contributed by atoms with E-state index in [0.717, 1.165) is 18.4 Å². The Balaban J connectivity index is 0.00000176. The summed E-state index contributed by atoms with van der Waals surface area (Å²) in [4.78, 5) is 14.4. The summed E-state index contributed by atoms with van der Waals surface area (Å²) < 4.78 is 0. The normalized spacial score (nSPS) is 31.1. The van der Waals surface area contributed by atoms with Crippen LogP contribution in [0.2, 0.25) is 5.02 Å². The highest BCUT2D eigenvalue weighted by molar-refractivity contribution is 6.30. The Hall–Kier alpha value is -0.810. The zero-order chi connectivity index (χ0) is 15.4. The highest BCUT2D eigenvalue weighted by atomic mass is 35.5. The van der Waals surface area contributed by atoms with Crippen molar-refractivity contribution in [1.82, 2.24) is 4.90 Å². The smallest absolute Gasteiger partial charge is 0.240 e. The number of carbonyl (C=O) groups is 1. The van der Waals surface area contributed by atoms with Crippen LogP contribution in [0.15, 0.2) is 24.3 Å². The second-order valence-corrected chi connectivity index (χ2v) is 7.20. The Morgan fingerprint density at radius 2 is 1.95 bits per heavy atom. The minimum Gasteiger partial charge on any atom is -0.388 e. The average Bonchev–Trinajstić information content (AvgIpc) is 2.88. The molecule has 0 saturated carbocycles. The van der Waals surface area contributed by atoms with Crippen molar-refractivity contribution in [3.05, 3.63) is 34.9 Å². The summed E-state index contributed by atoms with van der Waals surface area (Å²) in [6.07, 6.45) is 2.20. The van der Waals surface area contributed by atoms with E-state index in [1.807, 2.05) is 29.2 Å². The highest BCUT2D eigenvalue weighted by Crippen LogP contribution is 2.51. The van der Waals surface area contributed by atoms with Gasteiger partial charge in [-0.1, -0.05) is 23.7 Å². The molecule has 2 fully saturated rings. The molecular weight excluding hydrogens is 323 g/mol. The summed E-state index contributed by atoms with van der Waals surface area (Å²) >= 11 is 5.97. The predicted molar refractivity (Wildman–Crippen MR) is 89.1 cm³/mol. The molecule has 3 atom stereocenters. The minimum absolute atomic E-state index is 0. The Morgan fingerprint density at radius 1 is 1.36 bits per heavy atom. The lowest BCUT2D eigenvalue weighted by Gasteiger charge is -2.39. The van der Waals surface area contributed by atoms with E-state index in [4.69, 9.17) is 17.3 Å². The van der Waals surface area contributed by atoms with Gasteiger partial charge in [0.05, 0.1) is 23.2 Å². The molecule has 0 spiro atoms. The van der Waals surface area contributed by atoms with E-state index in [1.54, 1.807) is 13.8 Å². The van der Waals surface area contributed by atoms with Crippen LogP contribution in [-0.2, 0) is 10.3 Å². The number of carbonyl (C=O) groups excluding carboxylic acids is 1. The highest BCUT2D eigenvalue weighted by Gasteiger charge is 2.59. The molecule has 6 heteroatoms. The van der Waals surface area contributed by atoms with Crippen molar-refractivity contribution in [3.8, 4) is 0 Å². The fourth-order valence-electron chi connectivity index (χ4n) is 3.95. The quantitative estimate of drug-likeness (QED) is 0.865. The molecule has 1 aromatic rings. The van der Waals surface area contributed by atoms with Gasteiger partial charge in [-0.3, -0.25) is 4.79 Å². The van der Waals surface area contributed by atoms with Crippen molar-refractivity contribution in [3.63, 3.8) is 0 Å². The second-order valence-electron chi connectivity index (χ2n) is 6.77. The molecule has 3 rings (SSSR count). The molecule has 0 bridgehead atoms. The lowest BCUT2D eigenvalue weighted by molar-refractivity contribution is -0.138. The molecule has 0 radical (unpaired) electrons. The van der Waals surface area contributed by atoms with Gasteiger partial charge in [0.1, 0.15) is 0 Å². The van der Waals surface area contributed by atoms with Crippen molar-refractivity contribution in [2.24, 2.45) is 5.73 Å². The van der Waals surface area contributed by atoms with Gasteiger partial charge in [0.25, 0.3) is 0 Å². The Labute approximate surface area is 142 Å². The van der Waals surface area contributed by atoms with Crippen LogP contribution in [-0.4, -0.2) is 33.6 Å². The van der Waals surface area contributed by atoms with Gasteiger partial charge in [0.15, 0.2) is 0 Å². The van der Waals surface area contributed by atoms with Crippen LogP contribution < -0.4 is 5.73 Å². The summed E-state index contributed by atoms with van der Waals surface area (Å²) in [6, 6.07) is 6.92. The van der Waals surface area contributed by atoms with Gasteiger partial charge in [-0.25, -0.2) is 0 Å². The van der Waals surface area contributed by atoms with Gasteiger partial charge in [0.2, 0.25) is 5.91 Å². The van der Waals surface area contributed by atoms with Gasteiger partial charge < -0.3 is 15.7 Å². The van der Waals surface area contributed by atoms with Gasteiger partial charge >= 0.3 is 0 Å². The molecule has 2 aliphatic rings. The topological polar surface area (TPSA) is 66.6 Å². The lowest BCUT2D eigenvalue weighted by atomic mass is 9.85. The lowest BCUT2D eigenvalue weighted by Crippen LogP contribution is -2.52. The SMILES string of the molecule is CC(C)(O)[C@H]1CC[C@]2(c3ccc(Cl)cc3)C[C@H](N)C(=O)N12.Cl. The zero-order valence-corrected chi connectivity index (χ0v) is 14.3. The molecule has 22 heavy (non-hydrogen) atoms. The van der Waals surface area contributed by atoms with Crippen molar-refractivity contribution < 1.29 is 9.90 Å². The summed E-state index contributed by atoms with van der Waals surface area (Å²) in [5, 5.41) is 11.1. The molecule has 1 amide bonds. The first-order valence-electron chi connectivity index (χ1n) is 7.33. The average molecular weight is 345 g/mol. The monoisotopic (exact) mass is 344 g/mol. The van der Waals surface area contributed by atoms with Crippen LogP contribution in [0.3, 0.4) is 0 Å². The molecule has 4 nitrogen and oxygen atoms in total. The number of benzene rings is 1. The van der Waals surface area contributed by atoms with E-state index < -0.39 is 17.2 Å². The fourth-order valence-corrected chi connectivity index (χ4v) is 4.07. The van der Waals surface area contributed by atoms with Crippen molar-refractivity contribution in [2.75, 3.05) is 0 Å². The molecule has 0 aliphatic carbocycles. The van der Waals surface area contributed by atoms with Crippen molar-refractivity contribution in [1.29, 1.82) is 0 Å². The molecule has 0 aromatic heterocycles. The van der Waals surface area contributed by atoms with Gasteiger partial charge in [0, 0.05) is 5.02 Å². The van der Waals surface area contributed by atoms with Gasteiger partial charge in [-0.15, -0.1) is 12.4 Å².